The normalized spacial score (nSPS) is 12.9. The van der Waals surface area contributed by atoms with E-state index in [1.54, 1.807) is 50.2 Å². The Hall–Kier alpha value is -6.43. The van der Waals surface area contributed by atoms with Gasteiger partial charge in [-0.15, -0.1) is 34.8 Å². The van der Waals surface area contributed by atoms with Gasteiger partial charge in [0, 0.05) is 39.5 Å². The monoisotopic (exact) mass is 1060 g/mol. The molecule has 4 N–H and O–H groups in total. The summed E-state index contributed by atoms with van der Waals surface area (Å²) in [6.45, 7) is 10.2. The second kappa shape index (κ2) is 26.1. The third kappa shape index (κ3) is 14.8. The molecule has 0 aliphatic carbocycles. The van der Waals surface area contributed by atoms with Crippen molar-refractivity contribution < 1.29 is 38.2 Å². The molecule has 4 amide bonds. The summed E-state index contributed by atoms with van der Waals surface area (Å²) in [6, 6.07) is 20.1. The first-order chi connectivity index (χ1) is 33.9. The quantitative estimate of drug-likeness (QED) is 0.0296. The maximum atomic E-state index is 13.6. The van der Waals surface area contributed by atoms with Crippen molar-refractivity contribution in [3.63, 3.8) is 0 Å². The summed E-state index contributed by atoms with van der Waals surface area (Å²) in [7, 11) is 0. The molecule has 4 unspecified atom stereocenters. The van der Waals surface area contributed by atoms with Crippen LogP contribution in [0.3, 0.4) is 0 Å². The summed E-state index contributed by atoms with van der Waals surface area (Å²) < 4.78 is 11.6. The van der Waals surface area contributed by atoms with Crippen LogP contribution in [0.15, 0.2) is 111 Å². The molecule has 0 bridgehead atoms. The number of Topliss-reactive ketones (excluding diaryl/α,β-unsaturated/α-hetero) is 2. The highest BCUT2D eigenvalue weighted by Gasteiger charge is 2.27. The van der Waals surface area contributed by atoms with Crippen molar-refractivity contribution in [2.75, 3.05) is 40.4 Å². The molecule has 0 saturated carbocycles. The van der Waals surface area contributed by atoms with Crippen LogP contribution in [-0.2, 0) is 25.6 Å². The third-order valence-corrected chi connectivity index (χ3v) is 11.6. The van der Waals surface area contributed by atoms with E-state index < -0.39 is 58.0 Å². The van der Waals surface area contributed by atoms with Gasteiger partial charge >= 0.3 is 0 Å². The first kappa shape index (κ1) is 55.5. The number of nitrogens with one attached hydrogen (secondary N) is 4. The number of nitrogens with zero attached hydrogens (tertiary/aromatic N) is 4. The van der Waals surface area contributed by atoms with Crippen LogP contribution in [0.4, 0.5) is 34.1 Å². The summed E-state index contributed by atoms with van der Waals surface area (Å²) in [4.78, 5) is 79.4. The Morgan fingerprint density at radius 2 is 1.03 bits per heavy atom. The zero-order valence-electron chi connectivity index (χ0n) is 39.2. The Morgan fingerprint density at radius 1 is 0.577 bits per heavy atom. The number of hydrogen-bond acceptors (Lipinski definition) is 12. The summed E-state index contributed by atoms with van der Waals surface area (Å²) in [5, 5.41) is 26.5. The molecule has 0 aliphatic heterocycles. The molecule has 0 radical (unpaired) electrons. The van der Waals surface area contributed by atoms with Crippen LogP contribution in [0.2, 0.25) is 10.0 Å². The summed E-state index contributed by atoms with van der Waals surface area (Å²) in [5.41, 5.74) is 3.37. The fraction of sp³-hybridized carbons (Fsp3) is 0.280. The third-order valence-electron chi connectivity index (χ3n) is 10.3. The number of carbonyl (C=O) groups is 6. The van der Waals surface area contributed by atoms with Crippen LogP contribution in [0.1, 0.15) is 89.7 Å². The van der Waals surface area contributed by atoms with E-state index in [1.165, 1.54) is 54.6 Å². The largest absolute Gasteiger partial charge is 0.491 e. The number of alkyl halides is 3. The van der Waals surface area contributed by atoms with Crippen LogP contribution in [0.25, 0.3) is 0 Å². The van der Waals surface area contributed by atoms with Crippen molar-refractivity contribution in [1.82, 2.24) is 0 Å². The van der Waals surface area contributed by atoms with Gasteiger partial charge in [0.05, 0.1) is 45.4 Å². The smallest absolute Gasteiger partial charge is 0.258 e. The molecule has 0 fully saturated rings. The summed E-state index contributed by atoms with van der Waals surface area (Å²) in [6.07, 6.45) is 0.196. The SMILES string of the molecule is CCOc1c(NC(=O)c2ccc(Cl)c(N=NC(C(C)=O)C(=O)Nc3ccc(NC(=O)C(N=Nc4cc(C(=O)Nc5cccc(C(C)Cl)c5OCC)ccc4Cl)C(C)=O)c(CCCl)c3)c2)cccc1C(C)Cl. The Labute approximate surface area is 435 Å². The molecular formula is C50H49Cl5N8O8. The lowest BCUT2D eigenvalue weighted by Gasteiger charge is -2.17. The van der Waals surface area contributed by atoms with Gasteiger partial charge in [-0.1, -0.05) is 47.5 Å². The fourth-order valence-electron chi connectivity index (χ4n) is 6.78. The maximum Gasteiger partial charge on any atom is 0.258 e. The Kier molecular flexibility index (Phi) is 20.4. The maximum absolute atomic E-state index is 13.6. The molecule has 0 aliphatic rings. The minimum atomic E-state index is -1.64. The lowest BCUT2D eigenvalue weighted by Crippen LogP contribution is -2.32. The van der Waals surface area contributed by atoms with E-state index >= 15 is 0 Å². The summed E-state index contributed by atoms with van der Waals surface area (Å²) in [5.74, 6) is -3.11. The number of anilines is 4. The number of azo groups is 2. The molecule has 21 heteroatoms. The van der Waals surface area contributed by atoms with Crippen molar-refractivity contribution in [1.29, 1.82) is 0 Å². The number of halogens is 5. The molecule has 16 nitrogen and oxygen atoms in total. The Bertz CT molecular complexity index is 2880. The van der Waals surface area contributed by atoms with Gasteiger partial charge in [-0.3, -0.25) is 28.8 Å². The molecule has 5 rings (SSSR count). The van der Waals surface area contributed by atoms with Gasteiger partial charge in [-0.05, 0) is 120 Å². The van der Waals surface area contributed by atoms with Gasteiger partial charge in [0.2, 0.25) is 12.1 Å². The average Bonchev–Trinajstić information content (AvgIpc) is 3.31. The number of hydrogen-bond donors (Lipinski definition) is 4. The minimum Gasteiger partial charge on any atom is -0.491 e. The molecule has 4 atom stereocenters. The number of benzene rings is 5. The van der Waals surface area contributed by atoms with Crippen molar-refractivity contribution in [2.24, 2.45) is 20.5 Å². The highest BCUT2D eigenvalue weighted by atomic mass is 35.5. The topological polar surface area (TPSA) is 218 Å². The van der Waals surface area contributed by atoms with Gasteiger partial charge in [0.25, 0.3) is 23.6 Å². The van der Waals surface area contributed by atoms with Crippen LogP contribution in [0.5, 0.6) is 11.5 Å². The van der Waals surface area contributed by atoms with Crippen molar-refractivity contribution in [2.45, 2.75) is 70.8 Å². The molecule has 0 aromatic heterocycles. The fourth-order valence-corrected chi connectivity index (χ4v) is 7.64. The van der Waals surface area contributed by atoms with Crippen molar-refractivity contribution in [3.05, 3.63) is 129 Å². The van der Waals surface area contributed by atoms with E-state index in [4.69, 9.17) is 67.5 Å². The predicted octanol–water partition coefficient (Wildman–Crippen LogP) is 13.0. The molecule has 5 aromatic carbocycles. The standard InChI is InChI=1S/C50H49Cl5N8O8/c1-7-70-45-34(26(3)52)11-9-13-39(45)58-47(66)31-15-18-36(54)41(24-31)60-62-43(28(5)64)49(68)56-33-17-20-38(30(23-33)21-22-51)57-50(69)44(29(6)65)63-61-42-25-32(16-19-37(42)55)48(67)59-40-14-10-12-35(27(4)53)46(40)71-8-2/h9-20,23-27,43-44H,7-8,21-22H2,1-6H3,(H,56,68)(H,57,69)(H,58,66)(H,59,67). The zero-order valence-corrected chi connectivity index (χ0v) is 43.0. The van der Waals surface area contributed by atoms with Crippen LogP contribution in [-0.4, -0.2) is 66.4 Å². The average molecular weight is 1070 g/mol. The molecule has 0 heterocycles. The Morgan fingerprint density at radius 3 is 1.44 bits per heavy atom. The van der Waals surface area contributed by atoms with E-state index in [1.807, 2.05) is 13.8 Å². The van der Waals surface area contributed by atoms with Crippen LogP contribution in [0, 0.1) is 0 Å². The van der Waals surface area contributed by atoms with Crippen LogP contribution < -0.4 is 30.7 Å². The second-order valence-electron chi connectivity index (χ2n) is 15.5. The molecule has 0 spiro atoms. The molecular weight excluding hydrogens is 1020 g/mol. The van der Waals surface area contributed by atoms with Crippen LogP contribution >= 0.6 is 58.0 Å². The lowest BCUT2D eigenvalue weighted by molar-refractivity contribution is -0.127. The van der Waals surface area contributed by atoms with E-state index in [0.29, 0.717) is 52.8 Å². The predicted molar refractivity (Wildman–Crippen MR) is 279 cm³/mol. The number of carbonyl (C=O) groups excluding carboxylic acids is 6. The van der Waals surface area contributed by atoms with Gasteiger partial charge in [0.1, 0.15) is 22.9 Å². The molecule has 0 saturated heterocycles. The first-order valence-electron chi connectivity index (χ1n) is 22.0. The van der Waals surface area contributed by atoms with Gasteiger partial charge < -0.3 is 30.7 Å². The lowest BCUT2D eigenvalue weighted by atomic mass is 10.1. The molecule has 372 valence electrons. The van der Waals surface area contributed by atoms with E-state index in [-0.39, 0.29) is 56.2 Å². The highest BCUT2D eigenvalue weighted by molar-refractivity contribution is 6.33. The number of rotatable bonds is 22. The Balaban J connectivity index is 1.29. The number of amides is 4. The zero-order chi connectivity index (χ0) is 51.9. The number of aryl methyl sites for hydroxylation is 1. The number of para-hydroxylation sites is 2. The summed E-state index contributed by atoms with van der Waals surface area (Å²) >= 11 is 31.6. The van der Waals surface area contributed by atoms with Gasteiger partial charge in [0.15, 0.2) is 11.6 Å². The second-order valence-corrected chi connectivity index (χ2v) is 18.0. The number of ketones is 2. The van der Waals surface area contributed by atoms with Crippen molar-refractivity contribution >= 4 is 127 Å². The minimum absolute atomic E-state index is 0.00829. The van der Waals surface area contributed by atoms with Crippen molar-refractivity contribution in [3.8, 4) is 11.5 Å². The number of ether oxygens (including phenoxy) is 2. The van der Waals surface area contributed by atoms with Gasteiger partial charge in [-0.2, -0.15) is 20.5 Å². The highest BCUT2D eigenvalue weighted by Crippen LogP contribution is 2.38. The van der Waals surface area contributed by atoms with E-state index in [0.717, 1.165) is 13.8 Å². The van der Waals surface area contributed by atoms with E-state index in [9.17, 15) is 28.8 Å². The molecule has 71 heavy (non-hydrogen) atoms. The van der Waals surface area contributed by atoms with E-state index in [2.05, 4.69) is 41.7 Å². The first-order valence-corrected chi connectivity index (χ1v) is 24.2. The molecule has 5 aromatic rings. The van der Waals surface area contributed by atoms with Gasteiger partial charge in [-0.25, -0.2) is 0 Å².